The third kappa shape index (κ3) is 5.56. The summed E-state index contributed by atoms with van der Waals surface area (Å²) < 4.78 is 32.5. The lowest BCUT2D eigenvalue weighted by Gasteiger charge is -2.26. The van der Waals surface area contributed by atoms with Gasteiger partial charge in [0.2, 0.25) is 12.5 Å². The first kappa shape index (κ1) is 23.5. The van der Waals surface area contributed by atoms with Gasteiger partial charge in [-0.15, -0.1) is 0 Å². The van der Waals surface area contributed by atoms with Gasteiger partial charge in [0.25, 0.3) is 0 Å². The molecule has 8 heteroatoms. The molecule has 0 aromatic heterocycles. The van der Waals surface area contributed by atoms with Crippen LogP contribution in [-0.2, 0) is 22.4 Å². The van der Waals surface area contributed by atoms with Crippen LogP contribution in [0.5, 0.6) is 28.7 Å². The van der Waals surface area contributed by atoms with E-state index < -0.39 is 0 Å². The maximum Gasteiger partial charge on any atom is 0.302 e. The van der Waals surface area contributed by atoms with Crippen molar-refractivity contribution in [3.8, 4) is 28.7 Å². The number of rotatable bonds is 11. The molecule has 174 valence electrons. The minimum Gasteiger partial charge on any atom is -0.493 e. The van der Waals surface area contributed by atoms with E-state index in [0.29, 0.717) is 41.6 Å². The van der Waals surface area contributed by atoms with Crippen LogP contribution in [0.25, 0.3) is 0 Å². The highest BCUT2D eigenvalue weighted by Crippen LogP contribution is 2.39. The second-order valence-corrected chi connectivity index (χ2v) is 7.63. The van der Waals surface area contributed by atoms with E-state index in [1.807, 2.05) is 30.3 Å². The molecule has 1 N–H and O–H groups in total. The summed E-state index contributed by atoms with van der Waals surface area (Å²) in [5.41, 5.74) is 1.92. The fourth-order valence-electron chi connectivity index (χ4n) is 3.89. The van der Waals surface area contributed by atoms with Gasteiger partial charge in [0.05, 0.1) is 27.9 Å². The first-order chi connectivity index (χ1) is 15.5. The molecule has 1 heterocycles. The van der Waals surface area contributed by atoms with E-state index in [-0.39, 0.29) is 37.8 Å². The zero-order valence-corrected chi connectivity index (χ0v) is 18.9. The van der Waals surface area contributed by atoms with Crippen molar-refractivity contribution in [1.82, 2.24) is 0 Å². The molecule has 0 saturated heterocycles. The number of carbonyl (C=O) groups excluding carboxylic acids is 1. The van der Waals surface area contributed by atoms with E-state index in [2.05, 4.69) is 0 Å². The lowest BCUT2D eigenvalue weighted by Crippen LogP contribution is -2.28. The first-order valence-electron chi connectivity index (χ1n) is 10.4. The normalized spacial score (nSPS) is 13.9. The third-order valence-electron chi connectivity index (χ3n) is 5.56. The van der Waals surface area contributed by atoms with Gasteiger partial charge in [0, 0.05) is 19.4 Å². The average Bonchev–Trinajstić information content (AvgIpc) is 3.27. The van der Waals surface area contributed by atoms with Gasteiger partial charge in [-0.05, 0) is 54.2 Å². The summed E-state index contributed by atoms with van der Waals surface area (Å²) in [5.74, 6) is 2.34. The number of fused-ring (bicyclic) bond motifs is 1. The molecular weight excluding hydrogens is 416 g/mol. The van der Waals surface area contributed by atoms with Crippen LogP contribution in [0.1, 0.15) is 18.1 Å². The maximum atomic E-state index is 11.5. The number of hydrogen-bond donors (Lipinski definition) is 1. The molecular formula is C24H30O8. The number of benzene rings is 2. The molecule has 0 radical (unpaired) electrons. The quantitative estimate of drug-likeness (QED) is 0.527. The molecule has 0 spiro atoms. The van der Waals surface area contributed by atoms with Crippen LogP contribution in [0.15, 0.2) is 30.3 Å². The van der Waals surface area contributed by atoms with Gasteiger partial charge in [-0.1, -0.05) is 6.07 Å². The summed E-state index contributed by atoms with van der Waals surface area (Å²) in [7, 11) is 4.68. The Hall–Kier alpha value is -3.13. The molecule has 3 rings (SSSR count). The van der Waals surface area contributed by atoms with Crippen LogP contribution in [0.4, 0.5) is 0 Å². The molecule has 0 bridgehead atoms. The number of ether oxygens (including phenoxy) is 6. The smallest absolute Gasteiger partial charge is 0.302 e. The highest BCUT2D eigenvalue weighted by atomic mass is 16.7. The summed E-state index contributed by atoms with van der Waals surface area (Å²) in [5, 5.41) is 10.2. The highest BCUT2D eigenvalue weighted by Gasteiger charge is 2.26. The number of carbonyl (C=O) groups is 1. The van der Waals surface area contributed by atoms with Crippen molar-refractivity contribution in [1.29, 1.82) is 0 Å². The SMILES string of the molecule is COc1cc(C[C@@H](COC(C)=O)[C@H](CO)Cc2ccc3c(c2)OCO3)cc(OC)c1OC. The molecule has 8 nitrogen and oxygen atoms in total. The van der Waals surface area contributed by atoms with E-state index >= 15 is 0 Å². The maximum absolute atomic E-state index is 11.5. The highest BCUT2D eigenvalue weighted by molar-refractivity contribution is 5.65. The van der Waals surface area contributed by atoms with Crippen LogP contribution in [0.3, 0.4) is 0 Å². The topological polar surface area (TPSA) is 92.7 Å². The second-order valence-electron chi connectivity index (χ2n) is 7.63. The third-order valence-corrected chi connectivity index (χ3v) is 5.56. The van der Waals surface area contributed by atoms with Crippen LogP contribution in [0, 0.1) is 11.8 Å². The van der Waals surface area contributed by atoms with Crippen LogP contribution >= 0.6 is 0 Å². The first-order valence-corrected chi connectivity index (χ1v) is 10.4. The zero-order valence-electron chi connectivity index (χ0n) is 18.9. The Labute approximate surface area is 187 Å². The van der Waals surface area contributed by atoms with Crippen molar-refractivity contribution in [2.45, 2.75) is 19.8 Å². The number of aliphatic hydroxyl groups is 1. The molecule has 1 aliphatic heterocycles. The molecule has 0 saturated carbocycles. The van der Waals surface area contributed by atoms with E-state index in [1.54, 1.807) is 21.3 Å². The molecule has 0 unspecified atom stereocenters. The number of esters is 1. The van der Waals surface area contributed by atoms with E-state index in [9.17, 15) is 9.90 Å². The summed E-state index contributed by atoms with van der Waals surface area (Å²) in [6.07, 6.45) is 1.13. The molecule has 2 aromatic rings. The van der Waals surface area contributed by atoms with Crippen molar-refractivity contribution < 1.29 is 38.3 Å². The van der Waals surface area contributed by atoms with Crippen LogP contribution in [0.2, 0.25) is 0 Å². The molecule has 1 aliphatic rings. The molecule has 0 aliphatic carbocycles. The lowest BCUT2D eigenvalue weighted by molar-refractivity contribution is -0.143. The fourth-order valence-corrected chi connectivity index (χ4v) is 3.89. The van der Waals surface area contributed by atoms with Gasteiger partial charge >= 0.3 is 5.97 Å². The van der Waals surface area contributed by atoms with Gasteiger partial charge in [-0.3, -0.25) is 4.79 Å². The van der Waals surface area contributed by atoms with Gasteiger partial charge in [-0.25, -0.2) is 0 Å². The molecule has 2 atom stereocenters. The molecule has 32 heavy (non-hydrogen) atoms. The Kier molecular flexibility index (Phi) is 8.05. The van der Waals surface area contributed by atoms with E-state index in [4.69, 9.17) is 28.4 Å². The van der Waals surface area contributed by atoms with Gasteiger partial charge in [-0.2, -0.15) is 0 Å². The van der Waals surface area contributed by atoms with Gasteiger partial charge in [0.15, 0.2) is 23.0 Å². The summed E-state index contributed by atoms with van der Waals surface area (Å²) in [6.45, 7) is 1.70. The van der Waals surface area contributed by atoms with Crippen molar-refractivity contribution >= 4 is 5.97 Å². The Bertz CT molecular complexity index is 901. The predicted octanol–water partition coefficient (Wildman–Crippen LogP) is 3.01. The Morgan fingerprint density at radius 1 is 0.938 bits per heavy atom. The average molecular weight is 446 g/mol. The second kappa shape index (κ2) is 10.9. The Morgan fingerprint density at radius 3 is 2.19 bits per heavy atom. The van der Waals surface area contributed by atoms with E-state index in [1.165, 1.54) is 6.92 Å². The van der Waals surface area contributed by atoms with Crippen LogP contribution in [-0.4, -0.2) is 52.4 Å². The largest absolute Gasteiger partial charge is 0.493 e. The standard InChI is InChI=1S/C24H30O8/c1-15(26)30-13-19(8-17-10-22(27-2)24(29-4)23(11-17)28-3)18(12-25)7-16-5-6-20-21(9-16)32-14-31-20/h5-6,9-11,18-19,25H,7-8,12-14H2,1-4H3/t18-,19-/m0/s1. The minimum atomic E-state index is -0.361. The summed E-state index contributed by atoms with van der Waals surface area (Å²) >= 11 is 0. The number of aliphatic hydroxyl groups excluding tert-OH is 1. The summed E-state index contributed by atoms with van der Waals surface area (Å²) in [4.78, 5) is 11.5. The summed E-state index contributed by atoms with van der Waals surface area (Å²) in [6, 6.07) is 9.49. The Morgan fingerprint density at radius 2 is 1.59 bits per heavy atom. The van der Waals surface area contributed by atoms with Crippen molar-refractivity contribution in [3.63, 3.8) is 0 Å². The van der Waals surface area contributed by atoms with Gasteiger partial charge in [0.1, 0.15) is 0 Å². The van der Waals surface area contributed by atoms with Crippen molar-refractivity contribution in [2.24, 2.45) is 11.8 Å². The minimum absolute atomic E-state index is 0.0647. The van der Waals surface area contributed by atoms with Crippen LogP contribution < -0.4 is 23.7 Å². The molecule has 0 amide bonds. The molecule has 2 aromatic carbocycles. The number of methoxy groups -OCH3 is 3. The van der Waals surface area contributed by atoms with Gasteiger partial charge < -0.3 is 33.5 Å². The van der Waals surface area contributed by atoms with E-state index in [0.717, 1.165) is 11.1 Å². The predicted molar refractivity (Wildman–Crippen MR) is 117 cm³/mol. The number of hydrogen-bond acceptors (Lipinski definition) is 8. The fraction of sp³-hybridized carbons (Fsp3) is 0.458. The zero-order chi connectivity index (χ0) is 23.1. The van der Waals surface area contributed by atoms with Crippen molar-refractivity contribution in [3.05, 3.63) is 41.5 Å². The van der Waals surface area contributed by atoms with Crippen molar-refractivity contribution in [2.75, 3.05) is 41.3 Å². The molecule has 0 fully saturated rings. The monoisotopic (exact) mass is 446 g/mol. The Balaban J connectivity index is 1.85. The lowest BCUT2D eigenvalue weighted by atomic mass is 9.83.